The van der Waals surface area contributed by atoms with E-state index in [2.05, 4.69) is 26.8 Å². The van der Waals surface area contributed by atoms with Crippen molar-refractivity contribution in [2.45, 2.75) is 33.6 Å². The zero-order chi connectivity index (χ0) is 8.48. The molecule has 0 aromatic carbocycles. The molecular formula is C10H18O. The molecule has 1 N–H and O–H groups in total. The molecule has 0 spiro atoms. The van der Waals surface area contributed by atoms with Gasteiger partial charge in [0.05, 0.1) is 6.61 Å². The van der Waals surface area contributed by atoms with Gasteiger partial charge in [0.2, 0.25) is 0 Å². The minimum absolute atomic E-state index is 0.252. The highest BCUT2D eigenvalue weighted by Crippen LogP contribution is 2.55. The van der Waals surface area contributed by atoms with Crippen LogP contribution in [0.2, 0.25) is 0 Å². The standard InChI is InChI=1S/C10H18O/c1-4-5-8(7-11)9-6-10(9,2)3/h5,9,11H,4,6-7H2,1-3H3/b8-5+. The van der Waals surface area contributed by atoms with Crippen LogP contribution in [0.1, 0.15) is 33.6 Å². The Balaban J connectivity index is 2.53. The average Bonchev–Trinajstić information content (AvgIpc) is 2.55. The summed E-state index contributed by atoms with van der Waals surface area (Å²) in [6.45, 7) is 6.89. The lowest BCUT2D eigenvalue weighted by Gasteiger charge is -2.05. The van der Waals surface area contributed by atoms with Crippen molar-refractivity contribution < 1.29 is 5.11 Å². The van der Waals surface area contributed by atoms with Crippen LogP contribution < -0.4 is 0 Å². The molecule has 0 saturated heterocycles. The minimum Gasteiger partial charge on any atom is -0.392 e. The van der Waals surface area contributed by atoms with Gasteiger partial charge in [-0.1, -0.05) is 26.8 Å². The van der Waals surface area contributed by atoms with Gasteiger partial charge in [-0.15, -0.1) is 0 Å². The molecule has 1 rings (SSSR count). The van der Waals surface area contributed by atoms with Crippen LogP contribution in [0.5, 0.6) is 0 Å². The molecule has 0 aromatic rings. The Morgan fingerprint density at radius 3 is 2.45 bits per heavy atom. The summed E-state index contributed by atoms with van der Waals surface area (Å²) in [4.78, 5) is 0. The summed E-state index contributed by atoms with van der Waals surface area (Å²) >= 11 is 0. The number of hydrogen-bond acceptors (Lipinski definition) is 1. The normalized spacial score (nSPS) is 28.7. The number of hydrogen-bond donors (Lipinski definition) is 1. The lowest BCUT2D eigenvalue weighted by atomic mass is 10.0. The second kappa shape index (κ2) is 2.98. The zero-order valence-corrected chi connectivity index (χ0v) is 7.72. The van der Waals surface area contributed by atoms with E-state index in [0.29, 0.717) is 11.3 Å². The molecule has 11 heavy (non-hydrogen) atoms. The molecule has 64 valence electrons. The van der Waals surface area contributed by atoms with E-state index in [-0.39, 0.29) is 6.61 Å². The minimum atomic E-state index is 0.252. The van der Waals surface area contributed by atoms with E-state index in [9.17, 15) is 0 Å². The second-order valence-corrected chi connectivity index (χ2v) is 4.09. The molecular weight excluding hydrogens is 136 g/mol. The Hall–Kier alpha value is -0.300. The third-order valence-corrected chi connectivity index (χ3v) is 2.61. The molecule has 1 fully saturated rings. The maximum atomic E-state index is 9.03. The topological polar surface area (TPSA) is 20.2 Å². The molecule has 1 saturated carbocycles. The Kier molecular flexibility index (Phi) is 2.38. The molecule has 0 bridgehead atoms. The van der Waals surface area contributed by atoms with Crippen LogP contribution in [0, 0.1) is 11.3 Å². The van der Waals surface area contributed by atoms with Crippen molar-refractivity contribution in [3.63, 3.8) is 0 Å². The molecule has 1 nitrogen and oxygen atoms in total. The van der Waals surface area contributed by atoms with Crippen molar-refractivity contribution in [1.29, 1.82) is 0 Å². The van der Waals surface area contributed by atoms with Crippen molar-refractivity contribution in [3.05, 3.63) is 11.6 Å². The van der Waals surface area contributed by atoms with Gasteiger partial charge in [-0.05, 0) is 29.7 Å². The molecule has 1 heteroatoms. The summed E-state index contributed by atoms with van der Waals surface area (Å²) in [6, 6.07) is 0. The average molecular weight is 154 g/mol. The van der Waals surface area contributed by atoms with Gasteiger partial charge in [0.15, 0.2) is 0 Å². The highest BCUT2D eigenvalue weighted by molar-refractivity contribution is 5.19. The Morgan fingerprint density at radius 2 is 2.18 bits per heavy atom. The first-order valence-electron chi connectivity index (χ1n) is 4.41. The maximum absolute atomic E-state index is 9.03. The fourth-order valence-corrected chi connectivity index (χ4v) is 1.68. The van der Waals surface area contributed by atoms with Crippen LogP contribution in [-0.4, -0.2) is 11.7 Å². The molecule has 0 amide bonds. The Bertz CT molecular complexity index is 168. The number of allylic oxidation sites excluding steroid dienone is 1. The van der Waals surface area contributed by atoms with Gasteiger partial charge in [0, 0.05) is 0 Å². The summed E-state index contributed by atoms with van der Waals surface area (Å²) < 4.78 is 0. The molecule has 0 aliphatic heterocycles. The second-order valence-electron chi connectivity index (χ2n) is 4.09. The van der Waals surface area contributed by atoms with Crippen LogP contribution in [0.25, 0.3) is 0 Å². The first-order chi connectivity index (χ1) is 5.11. The van der Waals surface area contributed by atoms with Gasteiger partial charge in [0.25, 0.3) is 0 Å². The molecule has 1 aliphatic carbocycles. The third-order valence-electron chi connectivity index (χ3n) is 2.61. The van der Waals surface area contributed by atoms with Gasteiger partial charge < -0.3 is 5.11 Å². The van der Waals surface area contributed by atoms with Crippen LogP contribution in [0.3, 0.4) is 0 Å². The van der Waals surface area contributed by atoms with E-state index in [1.807, 2.05) is 0 Å². The van der Waals surface area contributed by atoms with E-state index in [1.165, 1.54) is 12.0 Å². The fourth-order valence-electron chi connectivity index (χ4n) is 1.68. The van der Waals surface area contributed by atoms with Gasteiger partial charge in [-0.25, -0.2) is 0 Å². The Labute approximate surface area is 69.1 Å². The van der Waals surface area contributed by atoms with E-state index in [0.717, 1.165) is 6.42 Å². The number of aliphatic hydroxyl groups excluding tert-OH is 1. The van der Waals surface area contributed by atoms with Crippen molar-refractivity contribution in [2.24, 2.45) is 11.3 Å². The SMILES string of the molecule is CC/C=C(\CO)C1CC1(C)C. The molecule has 1 atom stereocenters. The Morgan fingerprint density at radius 1 is 1.64 bits per heavy atom. The van der Waals surface area contributed by atoms with Gasteiger partial charge in [0.1, 0.15) is 0 Å². The van der Waals surface area contributed by atoms with Crippen molar-refractivity contribution in [1.82, 2.24) is 0 Å². The monoisotopic (exact) mass is 154 g/mol. The predicted octanol–water partition coefficient (Wildman–Crippen LogP) is 2.36. The van der Waals surface area contributed by atoms with Crippen LogP contribution in [0.4, 0.5) is 0 Å². The van der Waals surface area contributed by atoms with Crippen LogP contribution >= 0.6 is 0 Å². The molecule has 0 radical (unpaired) electrons. The summed E-state index contributed by atoms with van der Waals surface area (Å²) in [5, 5.41) is 9.03. The smallest absolute Gasteiger partial charge is 0.0644 e. The highest BCUT2D eigenvalue weighted by Gasteiger charge is 2.46. The van der Waals surface area contributed by atoms with Gasteiger partial charge >= 0.3 is 0 Å². The molecule has 0 heterocycles. The van der Waals surface area contributed by atoms with Crippen LogP contribution in [-0.2, 0) is 0 Å². The van der Waals surface area contributed by atoms with E-state index < -0.39 is 0 Å². The zero-order valence-electron chi connectivity index (χ0n) is 7.72. The number of rotatable bonds is 3. The lowest BCUT2D eigenvalue weighted by molar-refractivity contribution is 0.319. The third kappa shape index (κ3) is 1.84. The fraction of sp³-hybridized carbons (Fsp3) is 0.800. The molecule has 1 unspecified atom stereocenters. The summed E-state index contributed by atoms with van der Waals surface area (Å²) in [5.41, 5.74) is 1.71. The number of aliphatic hydroxyl groups is 1. The maximum Gasteiger partial charge on any atom is 0.0644 e. The first-order valence-corrected chi connectivity index (χ1v) is 4.41. The van der Waals surface area contributed by atoms with Gasteiger partial charge in [-0.2, -0.15) is 0 Å². The quantitative estimate of drug-likeness (QED) is 0.619. The summed E-state index contributed by atoms with van der Waals surface area (Å²) in [6.07, 6.45) is 4.46. The molecule has 0 aromatic heterocycles. The predicted molar refractivity (Wildman–Crippen MR) is 47.3 cm³/mol. The van der Waals surface area contributed by atoms with Crippen molar-refractivity contribution >= 4 is 0 Å². The highest BCUT2D eigenvalue weighted by atomic mass is 16.3. The largest absolute Gasteiger partial charge is 0.392 e. The van der Waals surface area contributed by atoms with E-state index >= 15 is 0 Å². The summed E-state index contributed by atoms with van der Waals surface area (Å²) in [5.74, 6) is 0.660. The van der Waals surface area contributed by atoms with E-state index in [4.69, 9.17) is 5.11 Å². The van der Waals surface area contributed by atoms with Crippen LogP contribution in [0.15, 0.2) is 11.6 Å². The van der Waals surface area contributed by atoms with E-state index in [1.54, 1.807) is 0 Å². The van der Waals surface area contributed by atoms with Crippen molar-refractivity contribution in [2.75, 3.05) is 6.61 Å². The van der Waals surface area contributed by atoms with Crippen molar-refractivity contribution in [3.8, 4) is 0 Å². The lowest BCUT2D eigenvalue weighted by Crippen LogP contribution is -1.98. The van der Waals surface area contributed by atoms with Gasteiger partial charge in [-0.3, -0.25) is 0 Å². The summed E-state index contributed by atoms with van der Waals surface area (Å²) in [7, 11) is 0. The first kappa shape index (κ1) is 8.79. The molecule has 1 aliphatic rings.